The summed E-state index contributed by atoms with van der Waals surface area (Å²) in [6, 6.07) is 19.5. The first-order valence-corrected chi connectivity index (χ1v) is 9.54. The molecule has 3 aromatic heterocycles. The predicted molar refractivity (Wildman–Crippen MR) is 110 cm³/mol. The number of aromatic nitrogens is 4. The highest BCUT2D eigenvalue weighted by Crippen LogP contribution is 2.25. The van der Waals surface area contributed by atoms with E-state index in [1.165, 1.54) is 0 Å². The van der Waals surface area contributed by atoms with E-state index in [2.05, 4.69) is 20.3 Å². The van der Waals surface area contributed by atoms with Crippen molar-refractivity contribution in [2.45, 2.75) is 6.04 Å². The summed E-state index contributed by atoms with van der Waals surface area (Å²) in [6.45, 7) is 1.72. The smallest absolute Gasteiger partial charge is 0.272 e. The van der Waals surface area contributed by atoms with Gasteiger partial charge in [-0.25, -0.2) is 9.50 Å². The van der Waals surface area contributed by atoms with Crippen LogP contribution in [0.2, 0.25) is 0 Å². The van der Waals surface area contributed by atoms with Crippen LogP contribution in [-0.4, -0.2) is 56.6 Å². The Labute approximate surface area is 168 Å². The van der Waals surface area contributed by atoms with E-state index in [9.17, 15) is 4.79 Å². The molecule has 0 aliphatic carbocycles. The van der Waals surface area contributed by atoms with E-state index in [-0.39, 0.29) is 11.9 Å². The standard InChI is InChI=1S/C22H20N6O/c1-27-13-16(14-27)24-22(29)19-12-21-25-18(17-9-5-6-10-23-17)11-20(28(21)26-19)15-7-3-2-4-8-15/h2-12,16H,13-14H2,1H3,(H,24,29). The quantitative estimate of drug-likeness (QED) is 0.585. The molecular formula is C22H20N6O. The molecule has 7 heteroatoms. The number of nitrogens with one attached hydrogen (secondary N) is 1. The molecule has 0 radical (unpaired) electrons. The van der Waals surface area contributed by atoms with Crippen LogP contribution in [0.15, 0.2) is 66.9 Å². The number of hydrogen-bond donors (Lipinski definition) is 1. The van der Waals surface area contributed by atoms with Gasteiger partial charge in [-0.1, -0.05) is 36.4 Å². The normalized spacial score (nSPS) is 14.7. The summed E-state index contributed by atoms with van der Waals surface area (Å²) >= 11 is 0. The largest absolute Gasteiger partial charge is 0.345 e. The number of hydrogen-bond acceptors (Lipinski definition) is 5. The Bertz CT molecular complexity index is 1170. The molecule has 5 rings (SSSR count). The van der Waals surface area contributed by atoms with E-state index in [1.807, 2.05) is 61.6 Å². The minimum atomic E-state index is -0.174. The number of likely N-dealkylation sites (N-methyl/N-ethyl adjacent to an activating group) is 1. The molecular weight excluding hydrogens is 364 g/mol. The van der Waals surface area contributed by atoms with Crippen LogP contribution in [0, 0.1) is 0 Å². The van der Waals surface area contributed by atoms with Crippen LogP contribution in [-0.2, 0) is 0 Å². The van der Waals surface area contributed by atoms with Crippen LogP contribution in [0.3, 0.4) is 0 Å². The van der Waals surface area contributed by atoms with E-state index in [0.717, 1.165) is 35.7 Å². The van der Waals surface area contributed by atoms with Crippen molar-refractivity contribution in [3.8, 4) is 22.6 Å². The van der Waals surface area contributed by atoms with Gasteiger partial charge in [0.25, 0.3) is 5.91 Å². The summed E-state index contributed by atoms with van der Waals surface area (Å²) in [5.74, 6) is -0.174. The zero-order valence-corrected chi connectivity index (χ0v) is 16.0. The molecule has 7 nitrogen and oxygen atoms in total. The average Bonchev–Trinajstić information content (AvgIpc) is 3.17. The maximum atomic E-state index is 12.7. The fraction of sp³-hybridized carbons (Fsp3) is 0.182. The van der Waals surface area contributed by atoms with Crippen LogP contribution in [0.1, 0.15) is 10.5 Å². The predicted octanol–water partition coefficient (Wildman–Crippen LogP) is 2.50. The molecule has 1 amide bonds. The van der Waals surface area contributed by atoms with Crippen molar-refractivity contribution in [3.05, 3.63) is 72.6 Å². The molecule has 0 atom stereocenters. The lowest BCUT2D eigenvalue weighted by atomic mass is 10.1. The van der Waals surface area contributed by atoms with Crippen molar-refractivity contribution in [2.24, 2.45) is 0 Å². The van der Waals surface area contributed by atoms with Gasteiger partial charge in [0.15, 0.2) is 11.3 Å². The fourth-order valence-electron chi connectivity index (χ4n) is 3.60. The van der Waals surface area contributed by atoms with Crippen LogP contribution >= 0.6 is 0 Å². The lowest BCUT2D eigenvalue weighted by Crippen LogP contribution is -2.57. The summed E-state index contributed by atoms with van der Waals surface area (Å²) in [7, 11) is 2.03. The second kappa shape index (κ2) is 7.10. The van der Waals surface area contributed by atoms with Crippen LogP contribution in [0.4, 0.5) is 0 Å². The topological polar surface area (TPSA) is 75.4 Å². The molecule has 1 N–H and O–H groups in total. The molecule has 4 aromatic rings. The highest BCUT2D eigenvalue weighted by Gasteiger charge is 2.26. The number of benzene rings is 1. The SMILES string of the molecule is CN1CC(NC(=O)c2cc3nc(-c4ccccn4)cc(-c4ccccc4)n3n2)C1. The van der Waals surface area contributed by atoms with Gasteiger partial charge in [0.05, 0.1) is 23.1 Å². The van der Waals surface area contributed by atoms with Gasteiger partial charge in [0, 0.05) is 30.9 Å². The highest BCUT2D eigenvalue weighted by atomic mass is 16.2. The number of pyridine rings is 1. The number of nitrogens with zero attached hydrogens (tertiary/aromatic N) is 5. The molecule has 1 aliphatic heterocycles. The monoisotopic (exact) mass is 384 g/mol. The number of likely N-dealkylation sites (tertiary alicyclic amines) is 1. The van der Waals surface area contributed by atoms with Gasteiger partial charge < -0.3 is 10.2 Å². The second-order valence-electron chi connectivity index (χ2n) is 7.30. The molecule has 29 heavy (non-hydrogen) atoms. The maximum absolute atomic E-state index is 12.7. The number of carbonyl (C=O) groups is 1. The molecule has 0 unspecified atom stereocenters. The van der Waals surface area contributed by atoms with Crippen molar-refractivity contribution < 1.29 is 4.79 Å². The van der Waals surface area contributed by atoms with E-state index in [1.54, 1.807) is 16.8 Å². The number of fused-ring (bicyclic) bond motifs is 1. The summed E-state index contributed by atoms with van der Waals surface area (Å²) in [5, 5.41) is 7.60. The van der Waals surface area contributed by atoms with Gasteiger partial charge in [0.1, 0.15) is 0 Å². The van der Waals surface area contributed by atoms with E-state index >= 15 is 0 Å². The van der Waals surface area contributed by atoms with Crippen molar-refractivity contribution in [3.63, 3.8) is 0 Å². The molecule has 1 saturated heterocycles. The fourth-order valence-corrected chi connectivity index (χ4v) is 3.60. The van der Waals surface area contributed by atoms with Gasteiger partial charge in [-0.2, -0.15) is 5.10 Å². The van der Waals surface area contributed by atoms with E-state index < -0.39 is 0 Å². The molecule has 1 fully saturated rings. The van der Waals surface area contributed by atoms with Crippen molar-refractivity contribution in [2.75, 3.05) is 20.1 Å². The Balaban J connectivity index is 1.60. The number of carbonyl (C=O) groups excluding carboxylic acids is 1. The maximum Gasteiger partial charge on any atom is 0.272 e. The molecule has 0 bridgehead atoms. The summed E-state index contributed by atoms with van der Waals surface area (Å²) < 4.78 is 1.73. The molecule has 0 spiro atoms. The Morgan fingerprint density at radius 2 is 1.83 bits per heavy atom. The van der Waals surface area contributed by atoms with Gasteiger partial charge >= 0.3 is 0 Å². The first-order chi connectivity index (χ1) is 14.2. The summed E-state index contributed by atoms with van der Waals surface area (Å²) in [5.41, 5.74) is 4.35. The minimum absolute atomic E-state index is 0.169. The van der Waals surface area contributed by atoms with Gasteiger partial charge in [-0.05, 0) is 25.2 Å². The third-order valence-electron chi connectivity index (χ3n) is 5.06. The Kier molecular flexibility index (Phi) is 4.29. The Morgan fingerprint density at radius 1 is 1.03 bits per heavy atom. The average molecular weight is 384 g/mol. The molecule has 1 aliphatic rings. The minimum Gasteiger partial charge on any atom is -0.345 e. The molecule has 144 valence electrons. The number of rotatable bonds is 4. The van der Waals surface area contributed by atoms with Crippen LogP contribution in [0.5, 0.6) is 0 Å². The molecule has 4 heterocycles. The Morgan fingerprint density at radius 3 is 2.55 bits per heavy atom. The second-order valence-corrected chi connectivity index (χ2v) is 7.30. The zero-order valence-electron chi connectivity index (χ0n) is 16.0. The van der Waals surface area contributed by atoms with Crippen LogP contribution in [0.25, 0.3) is 28.3 Å². The third kappa shape index (κ3) is 3.36. The van der Waals surface area contributed by atoms with Gasteiger partial charge in [-0.15, -0.1) is 0 Å². The van der Waals surface area contributed by atoms with E-state index in [0.29, 0.717) is 11.3 Å². The summed E-state index contributed by atoms with van der Waals surface area (Å²) in [4.78, 5) is 24.0. The highest BCUT2D eigenvalue weighted by molar-refractivity contribution is 5.94. The lowest BCUT2D eigenvalue weighted by Gasteiger charge is -2.36. The summed E-state index contributed by atoms with van der Waals surface area (Å²) in [6.07, 6.45) is 1.74. The van der Waals surface area contributed by atoms with Gasteiger partial charge in [0.2, 0.25) is 0 Å². The first-order valence-electron chi connectivity index (χ1n) is 9.54. The van der Waals surface area contributed by atoms with Crippen LogP contribution < -0.4 is 5.32 Å². The molecule has 0 saturated carbocycles. The zero-order chi connectivity index (χ0) is 19.8. The number of amides is 1. The van der Waals surface area contributed by atoms with Crippen molar-refractivity contribution in [1.82, 2.24) is 29.8 Å². The first kappa shape index (κ1) is 17.5. The third-order valence-corrected chi connectivity index (χ3v) is 5.06. The lowest BCUT2D eigenvalue weighted by molar-refractivity contribution is 0.0852. The van der Waals surface area contributed by atoms with Crippen molar-refractivity contribution in [1.29, 1.82) is 0 Å². The van der Waals surface area contributed by atoms with Gasteiger partial charge in [-0.3, -0.25) is 9.78 Å². The Hall–Kier alpha value is -3.58. The van der Waals surface area contributed by atoms with E-state index in [4.69, 9.17) is 4.98 Å². The molecule has 1 aromatic carbocycles. The van der Waals surface area contributed by atoms with Crippen molar-refractivity contribution >= 4 is 11.6 Å².